The van der Waals surface area contributed by atoms with Crippen molar-refractivity contribution >= 4 is 156 Å². The first kappa shape index (κ1) is 91.6. The summed E-state index contributed by atoms with van der Waals surface area (Å²) >= 11 is 6.66. The molecule has 0 spiro atoms. The van der Waals surface area contributed by atoms with E-state index in [1.807, 2.05) is 110 Å². The molecule has 4 aromatic carbocycles. The quantitative estimate of drug-likeness (QED) is 0.0957. The van der Waals surface area contributed by atoms with Crippen LogP contribution in [0.1, 0.15) is 133 Å². The number of fused-ring (bicyclic) bond motifs is 5. The lowest BCUT2D eigenvalue weighted by molar-refractivity contribution is -0.397. The summed E-state index contributed by atoms with van der Waals surface area (Å²) in [5.74, 6) is 0.396. The minimum Gasteiger partial charge on any atom is -0.475 e. The summed E-state index contributed by atoms with van der Waals surface area (Å²) in [6, 6.07) is 20.7. The van der Waals surface area contributed by atoms with Gasteiger partial charge in [-0.1, -0.05) is 39.4 Å². The molecule has 0 N–H and O–H groups in total. The van der Waals surface area contributed by atoms with Crippen molar-refractivity contribution in [3.63, 3.8) is 0 Å². The Hall–Kier alpha value is -8.14. The Balaban J connectivity index is 0.000000148. The molecular formula is C81H101B3Br2N8O21S4+2. The molecule has 3 saturated heterocycles. The molecule has 3 fully saturated rings. The maximum absolute atomic E-state index is 13.3. The number of hydrogen-bond donors (Lipinski definition) is 0. The first-order chi connectivity index (χ1) is 54.4. The highest BCUT2D eigenvalue weighted by molar-refractivity contribution is 9.11. The molecule has 636 valence electrons. The molecule has 0 unspecified atom stereocenters. The maximum Gasteiger partial charge on any atom is 0.496 e. The molecule has 11 heterocycles. The predicted octanol–water partition coefficient (Wildman–Crippen LogP) is 10.0. The van der Waals surface area contributed by atoms with Crippen molar-refractivity contribution in [2.24, 2.45) is 21.1 Å². The van der Waals surface area contributed by atoms with E-state index >= 15 is 0 Å². The third kappa shape index (κ3) is 17.0. The third-order valence-electron chi connectivity index (χ3n) is 23.2. The molecule has 0 radical (unpaired) electrons. The first-order valence-corrected chi connectivity index (χ1v) is 46.2. The second-order valence-electron chi connectivity index (χ2n) is 34.6. The topological polar surface area (TPSA) is 328 Å². The molecule has 38 heteroatoms. The lowest BCUT2D eigenvalue weighted by Gasteiger charge is -2.38. The van der Waals surface area contributed by atoms with Gasteiger partial charge < -0.3 is 60.9 Å². The molecule has 0 saturated carbocycles. The molecule has 15 rings (SSSR count). The lowest BCUT2D eigenvalue weighted by atomic mass is 9.49. The number of halogens is 2. The zero-order valence-electron chi connectivity index (χ0n) is 71.7. The second-order valence-corrected chi connectivity index (χ2v) is 44.0. The van der Waals surface area contributed by atoms with E-state index in [-0.39, 0.29) is 81.7 Å². The Bertz CT molecular complexity index is 6210. The van der Waals surface area contributed by atoms with Crippen LogP contribution in [-0.2, 0) is 111 Å². The fourth-order valence-electron chi connectivity index (χ4n) is 14.0. The largest absolute Gasteiger partial charge is 0.496 e. The van der Waals surface area contributed by atoms with E-state index < -0.39 is 83.3 Å². The number of nitrogens with zero attached hydrogens (tertiary/aromatic N) is 8. The molecule has 0 bridgehead atoms. The number of carbonyl (C=O) groups is 2. The van der Waals surface area contributed by atoms with Crippen LogP contribution >= 0.6 is 31.9 Å². The van der Waals surface area contributed by atoms with Crippen molar-refractivity contribution in [3.8, 4) is 22.6 Å². The van der Waals surface area contributed by atoms with Gasteiger partial charge in [-0.05, 0) is 211 Å². The van der Waals surface area contributed by atoms with Gasteiger partial charge >= 0.3 is 42.3 Å². The number of benzene rings is 4. The minimum absolute atomic E-state index is 0.0807. The molecule has 0 atom stereocenters. The fraction of sp³-hybridized carbons (Fsp3) is 0.444. The summed E-state index contributed by atoms with van der Waals surface area (Å²) in [5.41, 5.74) is 1.40. The molecule has 8 aromatic rings. The molecule has 4 aromatic heterocycles. The van der Waals surface area contributed by atoms with Crippen molar-refractivity contribution in [2.75, 3.05) is 43.5 Å². The van der Waals surface area contributed by atoms with E-state index in [4.69, 9.17) is 37.4 Å². The van der Waals surface area contributed by atoms with Crippen molar-refractivity contribution in [3.05, 3.63) is 166 Å². The number of hydrogen-bond acceptors (Lipinski definition) is 21. The van der Waals surface area contributed by atoms with Gasteiger partial charge in [-0.25, -0.2) is 33.8 Å². The van der Waals surface area contributed by atoms with Crippen LogP contribution in [0.3, 0.4) is 0 Å². The van der Waals surface area contributed by atoms with E-state index in [2.05, 4.69) is 31.9 Å². The number of pyridine rings is 3. The summed E-state index contributed by atoms with van der Waals surface area (Å²) in [4.78, 5) is 66.2. The maximum atomic E-state index is 13.3. The molecule has 7 aliphatic rings. The van der Waals surface area contributed by atoms with E-state index in [1.54, 1.807) is 147 Å². The van der Waals surface area contributed by atoms with Crippen molar-refractivity contribution < 1.29 is 89.2 Å². The van der Waals surface area contributed by atoms with Gasteiger partial charge in [0.1, 0.15) is 23.7 Å². The van der Waals surface area contributed by atoms with Gasteiger partial charge in [0.25, 0.3) is 38.8 Å². The van der Waals surface area contributed by atoms with Gasteiger partial charge in [0.2, 0.25) is 0 Å². The fourth-order valence-corrected chi connectivity index (χ4v) is 19.4. The molecule has 2 amide bonds. The summed E-state index contributed by atoms with van der Waals surface area (Å²) < 4.78 is 158. The Morgan fingerprint density at radius 1 is 0.445 bits per heavy atom. The highest BCUT2D eigenvalue weighted by Crippen LogP contribution is 2.50. The molecular weight excluding hydrogens is 1740 g/mol. The van der Waals surface area contributed by atoms with Crippen LogP contribution in [0.25, 0.3) is 22.0 Å². The number of carbonyl (C=O) groups excluding carboxylic acids is 2. The van der Waals surface area contributed by atoms with Crippen LogP contribution in [0.2, 0.25) is 0 Å². The van der Waals surface area contributed by atoms with E-state index in [9.17, 15) is 57.6 Å². The third-order valence-corrected chi connectivity index (χ3v) is 30.0. The van der Waals surface area contributed by atoms with Crippen LogP contribution < -0.4 is 41.4 Å². The highest BCUT2D eigenvalue weighted by Gasteiger charge is 2.64. The first-order valence-electron chi connectivity index (χ1n) is 38.0. The summed E-state index contributed by atoms with van der Waals surface area (Å²) in [7, 11) is -6.41. The van der Waals surface area contributed by atoms with Crippen LogP contribution in [0, 0.1) is 13.8 Å². The van der Waals surface area contributed by atoms with Crippen molar-refractivity contribution in [2.45, 2.75) is 202 Å². The van der Waals surface area contributed by atoms with Crippen molar-refractivity contribution in [1.29, 1.82) is 0 Å². The number of amides is 2. The van der Waals surface area contributed by atoms with Crippen molar-refractivity contribution in [1.82, 2.24) is 17.7 Å². The second kappa shape index (κ2) is 31.3. The minimum atomic E-state index is -3.91. The zero-order chi connectivity index (χ0) is 88.9. The van der Waals surface area contributed by atoms with Gasteiger partial charge in [0.05, 0.1) is 77.0 Å². The summed E-state index contributed by atoms with van der Waals surface area (Å²) in [5, 5.41) is 0.568. The summed E-state index contributed by atoms with van der Waals surface area (Å²) in [6.07, 6.45) is 12.9. The molecule has 119 heavy (non-hydrogen) atoms. The average Bonchev–Trinajstić information content (AvgIpc) is 1.03. The molecule has 29 nitrogen and oxygen atoms in total. The number of likely N-dealkylation sites (N-methyl/N-ethyl adjacent to an activating group) is 2. The molecule has 7 aliphatic heterocycles. The van der Waals surface area contributed by atoms with Crippen LogP contribution in [0.15, 0.2) is 147 Å². The monoisotopic (exact) mass is 1840 g/mol. The summed E-state index contributed by atoms with van der Waals surface area (Å²) in [6.45, 7) is 34.5. The Kier molecular flexibility index (Phi) is 24.1. The van der Waals surface area contributed by atoms with Gasteiger partial charge in [-0.3, -0.25) is 24.0 Å². The predicted molar refractivity (Wildman–Crippen MR) is 466 cm³/mol. The average molecular weight is 1840 g/mol. The lowest BCUT2D eigenvalue weighted by Crippen LogP contribution is -2.51. The van der Waals surface area contributed by atoms with Crippen LogP contribution in [0.4, 0.5) is 22.7 Å². The number of aromatic nitrogens is 4. The molecule has 0 aliphatic carbocycles. The van der Waals surface area contributed by atoms with Gasteiger partial charge in [-0.15, -0.1) is 0 Å². The Labute approximate surface area is 712 Å². The SMILES string of the molecule is CC1(C)OB(B2OC(C)(C)C(C)(C)O2)OC1(C)C.CN1C(=O)C(C)(C)Oc2c(-c3cn(C)c(=O)c4c3CC=[N+]4C)cc(S(C)(=O)=O)cc21.CN1C(=O)C(C)(C)Oc2c(Br)cc(S(C)(=O)=O)cc21.Cc1ccc(S(=O)(=O)[N+]2=CCc3c(B4OC(C)(C)C(C)(C)O4)cn(C)c(=O)c32)cc1.Cc1ccc(S(=O)(=O)n2ccc3c(Br)cn(C)c(=O)c32)cc1. The van der Waals surface area contributed by atoms with Gasteiger partial charge in [-0.2, -0.15) is 8.42 Å². The Morgan fingerprint density at radius 3 is 1.34 bits per heavy atom. The number of ether oxygens (including phenoxy) is 2. The number of aryl methyl sites for hydroxylation is 5. The van der Waals surface area contributed by atoms with E-state index in [0.29, 0.717) is 77.9 Å². The Morgan fingerprint density at radius 2 is 0.857 bits per heavy atom. The van der Waals surface area contributed by atoms with Crippen LogP contribution in [0.5, 0.6) is 11.5 Å². The van der Waals surface area contributed by atoms with Crippen LogP contribution in [-0.4, -0.2) is 184 Å². The van der Waals surface area contributed by atoms with E-state index in [0.717, 1.165) is 37.2 Å². The van der Waals surface area contributed by atoms with E-state index in [1.165, 1.54) is 54.1 Å². The number of sulfone groups is 2. The highest BCUT2D eigenvalue weighted by atomic mass is 79.9. The smallest absolute Gasteiger partial charge is 0.475 e. The zero-order valence-corrected chi connectivity index (χ0v) is 78.1. The number of rotatable bonds is 9. The number of anilines is 2. The van der Waals surface area contributed by atoms with Gasteiger partial charge in [0.15, 0.2) is 48.6 Å². The normalized spacial score (nSPS) is 19.2. The van der Waals surface area contributed by atoms with Gasteiger partial charge in [0, 0.05) is 110 Å². The standard InChI is InChI=1S/C21H26BN2O5S.C21H24N3O5S.C15H13BrN2O3S.C12H24B2O4.C12H14BrNO4S/c1-14-7-9-15(10-8-14)30(26,27)24-12-11-16-17(13-23(6)19(25)18(16)24)22-28-20(2,3)21(4,5)29-22;1-21(2)20(26)24(5)16-10-12(30(6,27)28)9-14(18(16)29-21)15-11-23(4)19(25)17-13(15)7-8-22(17)3;1-10-3-5-11(6-4-10)22(20,21)18-8-7-12-13(16)9-17(2)15(19)14(12)18;1-9(2)10(3,4)16-13(15-9)14-17-11(5,6)12(7,8)18-14;1-12(2)11(15)14(3)9-6-7(19(4,16)17)5-8(13)10(9)18-12/h7-10,12-13H,11H2,1-6H3;8-11H,7H2,1-6H3;3-9H,1-2H3;1-8H3;5-6H,1-4H3/q2*+1;;;. The number of sulfonamides is 1.